The molecule has 1 saturated heterocycles. The fourth-order valence-corrected chi connectivity index (χ4v) is 6.01. The van der Waals surface area contributed by atoms with E-state index in [1.165, 1.54) is 15.0 Å². The Kier molecular flexibility index (Phi) is 4.56. The van der Waals surface area contributed by atoms with Crippen LogP contribution in [0, 0.1) is 5.92 Å². The normalized spacial score (nSPS) is 20.9. The van der Waals surface area contributed by atoms with Crippen LogP contribution in [0.15, 0.2) is 47.3 Å². The summed E-state index contributed by atoms with van der Waals surface area (Å²) in [5.74, 6) is 0.741. The molecule has 1 aromatic carbocycles. The van der Waals surface area contributed by atoms with Crippen LogP contribution in [0.1, 0.15) is 18.0 Å². The van der Waals surface area contributed by atoms with Crippen LogP contribution in [0.4, 0.5) is 0 Å². The van der Waals surface area contributed by atoms with Crippen LogP contribution >= 0.6 is 11.3 Å². The summed E-state index contributed by atoms with van der Waals surface area (Å²) in [6, 6.07) is 14.3. The molecule has 5 nitrogen and oxygen atoms in total. The van der Waals surface area contributed by atoms with Gasteiger partial charge < -0.3 is 14.4 Å². The number of hydrogen-bond acceptors (Lipinski definition) is 4. The molecule has 2 aromatic heterocycles. The number of fused-ring (bicyclic) bond motifs is 5. The van der Waals surface area contributed by atoms with E-state index in [-0.39, 0.29) is 17.4 Å². The molecule has 6 heteroatoms. The molecule has 1 amide bonds. The lowest BCUT2D eigenvalue weighted by Crippen LogP contribution is -2.51. The maximum atomic E-state index is 12.7. The number of rotatable bonds is 3. The zero-order chi connectivity index (χ0) is 20.1. The van der Waals surface area contributed by atoms with E-state index in [1.54, 1.807) is 17.4 Å². The van der Waals surface area contributed by atoms with Crippen molar-refractivity contribution in [1.82, 2.24) is 14.4 Å². The summed E-state index contributed by atoms with van der Waals surface area (Å²) in [6.45, 7) is 2.59. The molecule has 2 atom stereocenters. The number of likely N-dealkylation sites (N-methyl/N-ethyl adjacent to an activating group) is 1. The fraction of sp³-hybridized carbons (Fsp3) is 0.391. The number of carbonyl (C=O) groups excluding carboxylic acids is 1. The molecular weight excluding hydrogens is 382 g/mol. The highest BCUT2D eigenvalue weighted by Gasteiger charge is 2.38. The van der Waals surface area contributed by atoms with Gasteiger partial charge in [0, 0.05) is 52.5 Å². The van der Waals surface area contributed by atoms with Crippen molar-refractivity contribution < 1.29 is 4.79 Å². The Morgan fingerprint density at radius 3 is 2.76 bits per heavy atom. The maximum Gasteiger partial charge on any atom is 0.250 e. The Labute approximate surface area is 174 Å². The molecule has 1 fully saturated rings. The van der Waals surface area contributed by atoms with Gasteiger partial charge in [0.15, 0.2) is 0 Å². The highest BCUT2D eigenvalue weighted by Crippen LogP contribution is 2.42. The average Bonchev–Trinajstić information content (AvgIpc) is 3.12. The van der Waals surface area contributed by atoms with Crippen LogP contribution in [0.3, 0.4) is 0 Å². The number of pyridine rings is 1. The molecule has 29 heavy (non-hydrogen) atoms. The molecule has 2 aliphatic rings. The van der Waals surface area contributed by atoms with Crippen molar-refractivity contribution in [3.8, 4) is 10.4 Å². The molecule has 0 spiro atoms. The molecule has 3 aromatic rings. The zero-order valence-electron chi connectivity index (χ0n) is 16.8. The molecule has 0 aliphatic carbocycles. The average molecular weight is 408 g/mol. The Morgan fingerprint density at radius 2 is 1.97 bits per heavy atom. The fourth-order valence-electron chi connectivity index (χ4n) is 4.91. The van der Waals surface area contributed by atoms with Crippen LogP contribution < -0.4 is 5.56 Å². The van der Waals surface area contributed by atoms with E-state index in [0.29, 0.717) is 25.6 Å². The van der Waals surface area contributed by atoms with Crippen molar-refractivity contribution in [3.63, 3.8) is 0 Å². The highest BCUT2D eigenvalue weighted by molar-refractivity contribution is 7.22. The van der Waals surface area contributed by atoms with E-state index < -0.39 is 0 Å². The second-order valence-corrected chi connectivity index (χ2v) is 9.65. The third-order valence-electron chi connectivity index (χ3n) is 6.09. The summed E-state index contributed by atoms with van der Waals surface area (Å²) in [7, 11) is 3.86. The molecule has 0 saturated carbocycles. The molecule has 150 valence electrons. The topological polar surface area (TPSA) is 45.6 Å². The molecule has 0 radical (unpaired) electrons. The van der Waals surface area contributed by atoms with Gasteiger partial charge in [0.05, 0.1) is 6.54 Å². The number of hydrogen-bond donors (Lipinski definition) is 0. The molecule has 5 rings (SSSR count). The van der Waals surface area contributed by atoms with Gasteiger partial charge in [-0.1, -0.05) is 18.2 Å². The van der Waals surface area contributed by atoms with Crippen LogP contribution in [-0.4, -0.2) is 54.0 Å². The summed E-state index contributed by atoms with van der Waals surface area (Å²) >= 11 is 1.77. The lowest BCUT2D eigenvalue weighted by atomic mass is 9.81. The zero-order valence-corrected chi connectivity index (χ0v) is 17.6. The Balaban J connectivity index is 1.57. The van der Waals surface area contributed by atoms with E-state index >= 15 is 0 Å². The van der Waals surface area contributed by atoms with Gasteiger partial charge in [-0.15, -0.1) is 11.3 Å². The first-order valence-corrected chi connectivity index (χ1v) is 11.0. The molecule has 0 N–H and O–H groups in total. The van der Waals surface area contributed by atoms with E-state index in [0.717, 1.165) is 24.2 Å². The monoisotopic (exact) mass is 407 g/mol. The minimum absolute atomic E-state index is 0.0765. The SMILES string of the molecule is CN(C)CC(=O)N1C[C@H]2C[C@H](C1)c1c(-c3cc4ccccc4s3)ccc(=O)n1C2. The predicted molar refractivity (Wildman–Crippen MR) is 118 cm³/mol. The number of carbonyl (C=O) groups is 1. The van der Waals surface area contributed by atoms with Gasteiger partial charge in [-0.05, 0) is 50.0 Å². The maximum absolute atomic E-state index is 12.7. The number of thiophene rings is 1. The lowest BCUT2D eigenvalue weighted by molar-refractivity contribution is -0.134. The molecular formula is C23H25N3O2S. The summed E-state index contributed by atoms with van der Waals surface area (Å²) in [4.78, 5) is 30.5. The van der Waals surface area contributed by atoms with E-state index in [4.69, 9.17) is 0 Å². The second-order valence-electron chi connectivity index (χ2n) is 8.56. The summed E-state index contributed by atoms with van der Waals surface area (Å²) in [5, 5.41) is 1.23. The molecule has 0 unspecified atom stereocenters. The molecule has 2 aliphatic heterocycles. The summed E-state index contributed by atoms with van der Waals surface area (Å²) < 4.78 is 3.24. The van der Waals surface area contributed by atoms with Gasteiger partial charge in [0.25, 0.3) is 5.56 Å². The van der Waals surface area contributed by atoms with Crippen molar-refractivity contribution >= 4 is 27.3 Å². The molecule has 4 heterocycles. The third kappa shape index (κ3) is 3.30. The first-order chi connectivity index (χ1) is 14.0. The minimum atomic E-state index is 0.0765. The number of piperidine rings is 1. The number of likely N-dealkylation sites (tertiary alicyclic amines) is 1. The van der Waals surface area contributed by atoms with Gasteiger partial charge in [-0.2, -0.15) is 0 Å². The standard InChI is InChI=1S/C23H25N3O2S/c1-24(2)14-22(28)25-11-15-9-17(13-25)23-18(7-8-21(27)26(23)12-15)20-10-16-5-3-4-6-19(16)29-20/h3-8,10,15,17H,9,11-14H2,1-2H3/t15-,17-/m1/s1. The third-order valence-corrected chi connectivity index (χ3v) is 7.23. The Hall–Kier alpha value is -2.44. The number of benzene rings is 1. The van der Waals surface area contributed by atoms with Gasteiger partial charge in [0.2, 0.25) is 5.91 Å². The van der Waals surface area contributed by atoms with Crippen molar-refractivity contribution in [2.75, 3.05) is 33.7 Å². The number of aromatic nitrogens is 1. The van der Waals surface area contributed by atoms with E-state index in [2.05, 4.69) is 30.3 Å². The quantitative estimate of drug-likeness (QED) is 0.670. The van der Waals surface area contributed by atoms with Crippen LogP contribution in [0.25, 0.3) is 20.5 Å². The summed E-state index contributed by atoms with van der Waals surface area (Å²) in [5.41, 5.74) is 2.34. The van der Waals surface area contributed by atoms with Crippen LogP contribution in [-0.2, 0) is 11.3 Å². The lowest BCUT2D eigenvalue weighted by Gasteiger charge is -2.43. The largest absolute Gasteiger partial charge is 0.341 e. The second kappa shape index (κ2) is 7.11. The van der Waals surface area contributed by atoms with Gasteiger partial charge in [-0.3, -0.25) is 9.59 Å². The highest BCUT2D eigenvalue weighted by atomic mass is 32.1. The first kappa shape index (κ1) is 18.6. The Bertz CT molecular complexity index is 1110. The van der Waals surface area contributed by atoms with Gasteiger partial charge in [-0.25, -0.2) is 0 Å². The van der Waals surface area contributed by atoms with Crippen molar-refractivity contribution in [3.05, 3.63) is 58.5 Å². The number of amides is 1. The Morgan fingerprint density at radius 1 is 1.14 bits per heavy atom. The van der Waals surface area contributed by atoms with Gasteiger partial charge in [0.1, 0.15) is 0 Å². The molecule has 2 bridgehead atoms. The van der Waals surface area contributed by atoms with Crippen LogP contribution in [0.5, 0.6) is 0 Å². The van der Waals surface area contributed by atoms with E-state index in [9.17, 15) is 9.59 Å². The van der Waals surface area contributed by atoms with Crippen molar-refractivity contribution in [2.45, 2.75) is 18.9 Å². The van der Waals surface area contributed by atoms with Crippen molar-refractivity contribution in [1.29, 1.82) is 0 Å². The van der Waals surface area contributed by atoms with Gasteiger partial charge >= 0.3 is 0 Å². The minimum Gasteiger partial charge on any atom is -0.341 e. The summed E-state index contributed by atoms with van der Waals surface area (Å²) in [6.07, 6.45) is 1.05. The number of nitrogens with zero attached hydrogens (tertiary/aromatic N) is 3. The smallest absolute Gasteiger partial charge is 0.250 e. The predicted octanol–water partition coefficient (Wildman–Crippen LogP) is 3.24. The van der Waals surface area contributed by atoms with Crippen LogP contribution in [0.2, 0.25) is 0 Å². The van der Waals surface area contributed by atoms with Crippen molar-refractivity contribution in [2.24, 2.45) is 5.92 Å². The van der Waals surface area contributed by atoms with E-state index in [1.807, 2.05) is 34.5 Å². The first-order valence-electron chi connectivity index (χ1n) is 10.1.